The van der Waals surface area contributed by atoms with Crippen LogP contribution in [0.4, 0.5) is 0 Å². The van der Waals surface area contributed by atoms with Crippen molar-refractivity contribution in [1.29, 1.82) is 0 Å². The summed E-state index contributed by atoms with van der Waals surface area (Å²) in [5, 5.41) is 7.19. The summed E-state index contributed by atoms with van der Waals surface area (Å²) >= 11 is 1.30. The quantitative estimate of drug-likeness (QED) is 0.668. The first-order chi connectivity index (χ1) is 12.2. The van der Waals surface area contributed by atoms with E-state index in [1.165, 1.54) is 17.6 Å². The lowest BCUT2D eigenvalue weighted by Crippen LogP contribution is -2.34. The van der Waals surface area contributed by atoms with Crippen molar-refractivity contribution in [2.24, 2.45) is 0 Å². The van der Waals surface area contributed by atoms with Gasteiger partial charge >= 0.3 is 0 Å². The number of hydrogen-bond acceptors (Lipinski definition) is 5. The van der Waals surface area contributed by atoms with Crippen molar-refractivity contribution >= 4 is 29.2 Å². The molecule has 0 atom stereocenters. The first kappa shape index (κ1) is 16.7. The zero-order valence-electron chi connectivity index (χ0n) is 13.1. The fraction of sp³-hybridized carbons (Fsp3) is 0.0556. The van der Waals surface area contributed by atoms with Gasteiger partial charge in [-0.15, -0.1) is 11.3 Å². The van der Waals surface area contributed by atoms with E-state index in [0.29, 0.717) is 16.2 Å². The number of amides is 2. The molecule has 0 unspecified atom stereocenters. The van der Waals surface area contributed by atoms with E-state index in [1.54, 1.807) is 60.2 Å². The molecule has 25 heavy (non-hydrogen) atoms. The number of nitrogens with zero attached hydrogens (tertiary/aromatic N) is 1. The fourth-order valence-corrected chi connectivity index (χ4v) is 2.67. The minimum atomic E-state index is -0.412. The third-order valence-electron chi connectivity index (χ3n) is 3.24. The summed E-state index contributed by atoms with van der Waals surface area (Å²) in [5.74, 6) is -0.123. The van der Waals surface area contributed by atoms with E-state index >= 15 is 0 Å². The second-order valence-electron chi connectivity index (χ2n) is 5.04. The largest absolute Gasteiger partial charge is 0.467 e. The molecule has 0 aromatic carbocycles. The highest BCUT2D eigenvalue weighted by atomic mass is 32.1. The predicted octanol–water partition coefficient (Wildman–Crippen LogP) is 2.82. The van der Waals surface area contributed by atoms with Crippen LogP contribution < -0.4 is 10.6 Å². The third-order valence-corrected chi connectivity index (χ3v) is 4.11. The Kier molecular flexibility index (Phi) is 5.38. The molecule has 0 spiro atoms. The molecule has 2 N–H and O–H groups in total. The summed E-state index contributed by atoms with van der Waals surface area (Å²) in [6.07, 6.45) is 6.36. The lowest BCUT2D eigenvalue weighted by atomic mass is 10.2. The molecule has 0 saturated heterocycles. The van der Waals surface area contributed by atoms with Gasteiger partial charge in [-0.05, 0) is 41.3 Å². The first-order valence-electron chi connectivity index (χ1n) is 7.49. The van der Waals surface area contributed by atoms with E-state index in [2.05, 4.69) is 15.6 Å². The van der Waals surface area contributed by atoms with Crippen molar-refractivity contribution in [3.8, 4) is 0 Å². The molecule has 0 bridgehead atoms. The van der Waals surface area contributed by atoms with Gasteiger partial charge in [0.1, 0.15) is 11.5 Å². The van der Waals surface area contributed by atoms with Gasteiger partial charge in [0.2, 0.25) is 0 Å². The van der Waals surface area contributed by atoms with Crippen LogP contribution in [0.1, 0.15) is 21.0 Å². The normalized spacial score (nSPS) is 11.1. The van der Waals surface area contributed by atoms with E-state index in [4.69, 9.17) is 4.42 Å². The summed E-state index contributed by atoms with van der Waals surface area (Å²) in [4.78, 5) is 29.3. The van der Waals surface area contributed by atoms with E-state index in [0.717, 1.165) is 0 Å². The zero-order valence-corrected chi connectivity index (χ0v) is 14.0. The fourth-order valence-electron chi connectivity index (χ4n) is 2.05. The molecule has 3 aromatic rings. The second kappa shape index (κ2) is 8.07. The second-order valence-corrected chi connectivity index (χ2v) is 5.99. The molecule has 3 heterocycles. The molecule has 0 aliphatic heterocycles. The molecule has 6 nitrogen and oxygen atoms in total. The molecule has 126 valence electrons. The van der Waals surface area contributed by atoms with Crippen LogP contribution in [0.15, 0.2) is 70.5 Å². The third kappa shape index (κ3) is 4.65. The molecule has 0 radical (unpaired) electrons. The maximum Gasteiger partial charge on any atom is 0.268 e. The van der Waals surface area contributed by atoms with Crippen molar-refractivity contribution in [3.05, 3.63) is 82.3 Å². The summed E-state index contributed by atoms with van der Waals surface area (Å²) in [5.41, 5.74) is 0.843. The Morgan fingerprint density at radius 3 is 2.80 bits per heavy atom. The Hall–Kier alpha value is -3.19. The van der Waals surface area contributed by atoms with Crippen LogP contribution in [-0.4, -0.2) is 16.8 Å². The number of aromatic nitrogens is 1. The van der Waals surface area contributed by atoms with Crippen LogP contribution >= 0.6 is 11.3 Å². The number of rotatable bonds is 6. The average Bonchev–Trinajstić information content (AvgIpc) is 3.33. The summed E-state index contributed by atoms with van der Waals surface area (Å²) in [6.45, 7) is 0.227. The maximum absolute atomic E-state index is 12.5. The van der Waals surface area contributed by atoms with E-state index < -0.39 is 5.91 Å². The Bertz CT molecular complexity index is 856. The van der Waals surface area contributed by atoms with Crippen molar-refractivity contribution in [2.75, 3.05) is 0 Å². The maximum atomic E-state index is 12.5. The lowest BCUT2D eigenvalue weighted by molar-refractivity contribution is -0.118. The summed E-state index contributed by atoms with van der Waals surface area (Å²) in [7, 11) is 0. The van der Waals surface area contributed by atoms with Gasteiger partial charge in [-0.25, -0.2) is 0 Å². The number of carbonyl (C=O) groups is 2. The zero-order chi connectivity index (χ0) is 17.5. The minimum absolute atomic E-state index is 0.137. The molecule has 3 rings (SSSR count). The van der Waals surface area contributed by atoms with E-state index in [-0.39, 0.29) is 18.1 Å². The van der Waals surface area contributed by atoms with Gasteiger partial charge in [-0.2, -0.15) is 0 Å². The van der Waals surface area contributed by atoms with Crippen LogP contribution in [0, 0.1) is 0 Å². The standard InChI is InChI=1S/C18H15N3O3S/c22-17(20-12-14-5-2-8-24-14)15(10-13-4-1-7-19-11-13)21-18(23)16-6-3-9-25-16/h1-11H,12H2,(H,20,22)(H,21,23)/b15-10+. The van der Waals surface area contributed by atoms with Gasteiger partial charge in [0.15, 0.2) is 0 Å². The van der Waals surface area contributed by atoms with Crippen LogP contribution in [0.25, 0.3) is 6.08 Å². The Morgan fingerprint density at radius 1 is 1.20 bits per heavy atom. The van der Waals surface area contributed by atoms with Gasteiger partial charge < -0.3 is 15.1 Å². The highest BCUT2D eigenvalue weighted by Gasteiger charge is 2.15. The van der Waals surface area contributed by atoms with Gasteiger partial charge in [-0.3, -0.25) is 14.6 Å². The SMILES string of the molecule is O=C(NCc1ccco1)/C(=C\c1cccnc1)NC(=O)c1cccs1. The minimum Gasteiger partial charge on any atom is -0.467 e. The molecule has 7 heteroatoms. The topological polar surface area (TPSA) is 84.2 Å². The number of carbonyl (C=O) groups excluding carboxylic acids is 2. The number of thiophene rings is 1. The van der Waals surface area contributed by atoms with Crippen molar-refractivity contribution in [1.82, 2.24) is 15.6 Å². The van der Waals surface area contributed by atoms with Crippen LogP contribution in [0.5, 0.6) is 0 Å². The lowest BCUT2D eigenvalue weighted by Gasteiger charge is -2.10. The van der Waals surface area contributed by atoms with Crippen LogP contribution in [0.3, 0.4) is 0 Å². The van der Waals surface area contributed by atoms with Crippen molar-refractivity contribution < 1.29 is 14.0 Å². The average molecular weight is 353 g/mol. The van der Waals surface area contributed by atoms with Crippen LogP contribution in [0.2, 0.25) is 0 Å². The highest BCUT2D eigenvalue weighted by molar-refractivity contribution is 7.12. The monoisotopic (exact) mass is 353 g/mol. The van der Waals surface area contributed by atoms with Crippen molar-refractivity contribution in [2.45, 2.75) is 6.54 Å². The first-order valence-corrected chi connectivity index (χ1v) is 8.37. The molecule has 0 aliphatic carbocycles. The van der Waals surface area contributed by atoms with Gasteiger partial charge in [0.25, 0.3) is 11.8 Å². The summed E-state index contributed by atoms with van der Waals surface area (Å²) in [6, 6.07) is 10.5. The molecule has 3 aromatic heterocycles. The Balaban J connectivity index is 1.77. The molecule has 2 amide bonds. The van der Waals surface area contributed by atoms with Crippen molar-refractivity contribution in [3.63, 3.8) is 0 Å². The number of pyridine rings is 1. The van der Waals surface area contributed by atoms with Gasteiger partial charge in [0, 0.05) is 12.4 Å². The summed E-state index contributed by atoms with van der Waals surface area (Å²) < 4.78 is 5.19. The van der Waals surface area contributed by atoms with E-state index in [1.807, 2.05) is 0 Å². The predicted molar refractivity (Wildman–Crippen MR) is 94.6 cm³/mol. The molecular weight excluding hydrogens is 338 g/mol. The Morgan fingerprint density at radius 2 is 2.12 bits per heavy atom. The highest BCUT2D eigenvalue weighted by Crippen LogP contribution is 2.10. The number of furan rings is 1. The molecule has 0 aliphatic rings. The van der Waals surface area contributed by atoms with Crippen LogP contribution in [-0.2, 0) is 11.3 Å². The van der Waals surface area contributed by atoms with Gasteiger partial charge in [0.05, 0.1) is 17.7 Å². The molecule has 0 fully saturated rings. The number of hydrogen-bond donors (Lipinski definition) is 2. The molecule has 0 saturated carbocycles. The Labute approximate surface area is 148 Å². The smallest absolute Gasteiger partial charge is 0.268 e. The number of nitrogens with one attached hydrogen (secondary N) is 2. The molecular formula is C18H15N3O3S. The van der Waals surface area contributed by atoms with E-state index in [9.17, 15) is 9.59 Å². The van der Waals surface area contributed by atoms with Gasteiger partial charge in [-0.1, -0.05) is 12.1 Å².